The predicted octanol–water partition coefficient (Wildman–Crippen LogP) is 5.24. The number of nitrogens with zero attached hydrogens (tertiary/aromatic N) is 2. The van der Waals surface area contributed by atoms with Gasteiger partial charge in [-0.3, -0.25) is 0 Å². The summed E-state index contributed by atoms with van der Waals surface area (Å²) in [4.78, 5) is 11.8. The zero-order valence-electron chi connectivity index (χ0n) is 18.5. The minimum Gasteiger partial charge on any atom is -0.435 e. The van der Waals surface area contributed by atoms with Crippen LogP contribution in [0.15, 0.2) is 64.5 Å². The van der Waals surface area contributed by atoms with E-state index < -0.39 is 27.3 Å². The largest absolute Gasteiger partial charge is 0.513 e. The van der Waals surface area contributed by atoms with Gasteiger partial charge in [0, 0.05) is 36.0 Å². The van der Waals surface area contributed by atoms with E-state index in [1.54, 1.807) is 12.1 Å². The van der Waals surface area contributed by atoms with Gasteiger partial charge in [0.05, 0.1) is 18.0 Å². The van der Waals surface area contributed by atoms with Crippen molar-refractivity contribution < 1.29 is 27.2 Å². The number of aromatic nitrogens is 1. The Morgan fingerprint density at radius 3 is 2.34 bits per heavy atom. The number of piperidine rings is 1. The average molecular weight is 460 g/mol. The third kappa shape index (κ3) is 3.51. The van der Waals surface area contributed by atoms with Crippen LogP contribution in [0.3, 0.4) is 0 Å². The van der Waals surface area contributed by atoms with Crippen LogP contribution in [0, 0.1) is 5.82 Å². The fourth-order valence-corrected chi connectivity index (χ4v) is 6.21. The summed E-state index contributed by atoms with van der Waals surface area (Å²) in [5, 5.41) is 10.7. The van der Waals surface area contributed by atoms with E-state index >= 15 is 0 Å². The van der Waals surface area contributed by atoms with Gasteiger partial charge in [-0.1, -0.05) is 12.1 Å². The van der Waals surface area contributed by atoms with Gasteiger partial charge in [0.1, 0.15) is 16.3 Å². The molecule has 0 bridgehead atoms. The Labute approximate surface area is 187 Å². The number of quaternary nitrogens is 1. The Bertz CT molecular complexity index is 1280. The lowest BCUT2D eigenvalue weighted by molar-refractivity contribution is -0.908. The SMILES string of the molecule is CC(C)(C)[N+]1(C(=O)O)CCC(n2ccc3cc(S(=O)(=O)c4ccccc4F)ccc32)CC1. The van der Waals surface area contributed by atoms with Crippen LogP contribution in [-0.2, 0) is 9.84 Å². The number of benzene rings is 2. The van der Waals surface area contributed by atoms with Crippen LogP contribution in [-0.4, -0.2) is 47.3 Å². The number of fused-ring (bicyclic) bond motifs is 1. The zero-order valence-corrected chi connectivity index (χ0v) is 19.3. The van der Waals surface area contributed by atoms with Crippen molar-refractivity contribution in [3.05, 3.63) is 60.5 Å². The molecular formula is C24H28FN2O4S+. The number of amides is 1. The lowest BCUT2D eigenvalue weighted by Crippen LogP contribution is -2.66. The second-order valence-corrected chi connectivity index (χ2v) is 11.4. The van der Waals surface area contributed by atoms with Crippen molar-refractivity contribution in [1.29, 1.82) is 0 Å². The first-order valence-electron chi connectivity index (χ1n) is 10.7. The molecule has 3 aromatic rings. The minimum absolute atomic E-state index is 0.0354. The second-order valence-electron chi connectivity index (χ2n) is 9.48. The van der Waals surface area contributed by atoms with E-state index in [1.165, 1.54) is 24.3 Å². The quantitative estimate of drug-likeness (QED) is 0.544. The number of hydrogen-bond donors (Lipinski definition) is 1. The predicted molar refractivity (Wildman–Crippen MR) is 120 cm³/mol. The van der Waals surface area contributed by atoms with Crippen molar-refractivity contribution in [2.45, 2.75) is 55.0 Å². The van der Waals surface area contributed by atoms with Gasteiger partial charge >= 0.3 is 6.09 Å². The van der Waals surface area contributed by atoms with E-state index in [-0.39, 0.29) is 20.3 Å². The van der Waals surface area contributed by atoms with Crippen LogP contribution < -0.4 is 0 Å². The molecule has 1 aromatic heterocycles. The first-order chi connectivity index (χ1) is 15.0. The molecule has 1 aliphatic heterocycles. The first kappa shape index (κ1) is 22.5. The van der Waals surface area contributed by atoms with Gasteiger partial charge in [-0.2, -0.15) is 4.79 Å². The third-order valence-corrected chi connectivity index (χ3v) is 8.64. The summed E-state index contributed by atoms with van der Waals surface area (Å²) in [5.74, 6) is -0.772. The Morgan fingerprint density at radius 2 is 1.75 bits per heavy atom. The summed E-state index contributed by atoms with van der Waals surface area (Å²) in [6.45, 7) is 6.95. The third-order valence-electron chi connectivity index (χ3n) is 6.86. The van der Waals surface area contributed by atoms with Gasteiger partial charge in [0.15, 0.2) is 0 Å². The highest BCUT2D eigenvalue weighted by atomic mass is 32.2. The van der Waals surface area contributed by atoms with E-state index in [1.807, 2.05) is 33.0 Å². The topological polar surface area (TPSA) is 76.4 Å². The van der Waals surface area contributed by atoms with Crippen LogP contribution in [0.4, 0.5) is 9.18 Å². The molecule has 32 heavy (non-hydrogen) atoms. The van der Waals surface area contributed by atoms with Gasteiger partial charge in [0.25, 0.3) is 0 Å². The van der Waals surface area contributed by atoms with Gasteiger partial charge in [-0.25, -0.2) is 17.3 Å². The molecule has 6 nitrogen and oxygen atoms in total. The summed E-state index contributed by atoms with van der Waals surface area (Å²) in [5.41, 5.74) is 0.486. The second kappa shape index (κ2) is 7.71. The highest BCUT2D eigenvalue weighted by Crippen LogP contribution is 2.37. The average Bonchev–Trinajstić information content (AvgIpc) is 3.16. The zero-order chi connectivity index (χ0) is 23.3. The highest BCUT2D eigenvalue weighted by molar-refractivity contribution is 7.91. The monoisotopic (exact) mass is 459 g/mol. The lowest BCUT2D eigenvalue weighted by Gasteiger charge is -2.47. The molecule has 2 heterocycles. The summed E-state index contributed by atoms with van der Waals surface area (Å²) >= 11 is 0. The molecule has 2 aromatic carbocycles. The molecule has 0 spiro atoms. The summed E-state index contributed by atoms with van der Waals surface area (Å²) < 4.78 is 42.1. The number of rotatable bonds is 3. The van der Waals surface area contributed by atoms with Crippen molar-refractivity contribution >= 4 is 26.8 Å². The van der Waals surface area contributed by atoms with Gasteiger partial charge in [0.2, 0.25) is 9.84 Å². The smallest absolute Gasteiger partial charge is 0.435 e. The molecule has 0 aliphatic carbocycles. The Morgan fingerprint density at radius 1 is 1.09 bits per heavy atom. The maximum absolute atomic E-state index is 14.1. The number of carboxylic acid groups (broad SMARTS) is 1. The lowest BCUT2D eigenvalue weighted by atomic mass is 9.93. The van der Waals surface area contributed by atoms with Crippen LogP contribution in [0.5, 0.6) is 0 Å². The van der Waals surface area contributed by atoms with Crippen molar-refractivity contribution in [2.24, 2.45) is 0 Å². The van der Waals surface area contributed by atoms with Crippen LogP contribution in [0.25, 0.3) is 10.9 Å². The fourth-order valence-electron chi connectivity index (χ4n) is 4.84. The molecule has 4 rings (SSSR count). The normalized spacial score (nSPS) is 22.2. The standard InChI is InChI=1S/C24H27FN2O4S/c1-24(2,3)27(23(28)29)14-11-18(12-15-27)26-13-10-17-16-19(8-9-21(17)26)32(30,31)22-7-5-4-6-20(22)25/h4-10,13,16,18H,11-12,14-15H2,1-3H3/p+1. The van der Waals surface area contributed by atoms with E-state index in [0.717, 1.165) is 17.0 Å². The number of likely N-dealkylation sites (tertiary alicyclic amines) is 1. The minimum atomic E-state index is -3.97. The molecule has 170 valence electrons. The number of carbonyl (C=O) groups is 1. The van der Waals surface area contributed by atoms with E-state index in [2.05, 4.69) is 4.57 Å². The summed E-state index contributed by atoms with van der Waals surface area (Å²) in [6.07, 6.45) is 2.55. The van der Waals surface area contributed by atoms with Crippen LogP contribution >= 0.6 is 0 Å². The Kier molecular flexibility index (Phi) is 5.41. The van der Waals surface area contributed by atoms with Gasteiger partial charge in [-0.15, -0.1) is 0 Å². The fraction of sp³-hybridized carbons (Fsp3) is 0.375. The molecule has 1 saturated heterocycles. The molecular weight excluding hydrogens is 431 g/mol. The molecule has 0 atom stereocenters. The van der Waals surface area contributed by atoms with Crippen molar-refractivity contribution in [1.82, 2.24) is 4.57 Å². The van der Waals surface area contributed by atoms with Crippen molar-refractivity contribution in [2.75, 3.05) is 13.1 Å². The van der Waals surface area contributed by atoms with Gasteiger partial charge in [-0.05, 0) is 57.2 Å². The van der Waals surface area contributed by atoms with Crippen molar-refractivity contribution in [3.63, 3.8) is 0 Å². The molecule has 0 unspecified atom stereocenters. The number of halogens is 1. The maximum atomic E-state index is 14.1. The Hall–Kier alpha value is -2.71. The number of hydrogen-bond acceptors (Lipinski definition) is 3. The summed E-state index contributed by atoms with van der Waals surface area (Å²) in [7, 11) is -3.97. The molecule has 1 aliphatic rings. The molecule has 1 amide bonds. The highest BCUT2D eigenvalue weighted by Gasteiger charge is 2.50. The summed E-state index contributed by atoms with van der Waals surface area (Å²) in [6, 6.07) is 12.2. The molecule has 1 N–H and O–H groups in total. The van der Waals surface area contributed by atoms with E-state index in [0.29, 0.717) is 25.9 Å². The molecule has 0 saturated carbocycles. The van der Waals surface area contributed by atoms with Crippen molar-refractivity contribution in [3.8, 4) is 0 Å². The first-order valence-corrected chi connectivity index (χ1v) is 12.2. The molecule has 0 radical (unpaired) electrons. The Balaban J connectivity index is 1.64. The molecule has 1 fully saturated rings. The van der Waals surface area contributed by atoms with Crippen LogP contribution in [0.1, 0.15) is 39.7 Å². The van der Waals surface area contributed by atoms with Gasteiger partial charge < -0.3 is 9.67 Å². The number of sulfone groups is 1. The van der Waals surface area contributed by atoms with E-state index in [9.17, 15) is 22.7 Å². The maximum Gasteiger partial charge on any atom is 0.513 e. The van der Waals surface area contributed by atoms with E-state index in [4.69, 9.17) is 0 Å². The van der Waals surface area contributed by atoms with Crippen LogP contribution in [0.2, 0.25) is 0 Å². The molecule has 8 heteroatoms.